The number of hydrogen-bond donors (Lipinski definition) is 1. The second-order valence-electron chi connectivity index (χ2n) is 5.97. The summed E-state index contributed by atoms with van der Waals surface area (Å²) in [4.78, 5) is 2.08. The summed E-state index contributed by atoms with van der Waals surface area (Å²) in [5, 5.41) is 0. The molecule has 1 aliphatic heterocycles. The highest BCUT2D eigenvalue weighted by Crippen LogP contribution is 2.28. The third-order valence-corrected chi connectivity index (χ3v) is 4.36. The number of halogens is 2. The Morgan fingerprint density at radius 1 is 1.00 bits per heavy atom. The Morgan fingerprint density at radius 2 is 1.68 bits per heavy atom. The van der Waals surface area contributed by atoms with Gasteiger partial charge < -0.3 is 10.6 Å². The Morgan fingerprint density at radius 3 is 2.32 bits per heavy atom. The zero-order valence-electron chi connectivity index (χ0n) is 12.4. The molecule has 1 saturated heterocycles. The fourth-order valence-corrected chi connectivity index (χ4v) is 3.11. The molecule has 22 heavy (non-hydrogen) atoms. The van der Waals surface area contributed by atoms with Gasteiger partial charge in [0, 0.05) is 18.8 Å². The summed E-state index contributed by atoms with van der Waals surface area (Å²) in [6.07, 6.45) is 2.99. The summed E-state index contributed by atoms with van der Waals surface area (Å²) in [5.41, 5.74) is 7.84. The van der Waals surface area contributed by atoms with Crippen LogP contribution < -0.4 is 10.6 Å². The lowest BCUT2D eigenvalue weighted by molar-refractivity contribution is 0.401. The second kappa shape index (κ2) is 6.34. The van der Waals surface area contributed by atoms with Crippen LogP contribution >= 0.6 is 0 Å². The summed E-state index contributed by atoms with van der Waals surface area (Å²) in [5.74, 6) is 0.118. The Bertz CT molecular complexity index is 632. The number of anilines is 2. The highest BCUT2D eigenvalue weighted by Gasteiger charge is 2.21. The molecule has 2 nitrogen and oxygen atoms in total. The number of hydrogen-bond acceptors (Lipinski definition) is 2. The maximum Gasteiger partial charge on any atom is 0.148 e. The zero-order chi connectivity index (χ0) is 15.5. The van der Waals surface area contributed by atoms with Gasteiger partial charge in [-0.3, -0.25) is 0 Å². The van der Waals surface area contributed by atoms with Crippen LogP contribution in [0.15, 0.2) is 42.5 Å². The molecule has 3 rings (SSSR count). The largest absolute Gasteiger partial charge is 0.399 e. The summed E-state index contributed by atoms with van der Waals surface area (Å²) in [7, 11) is 0. The van der Waals surface area contributed by atoms with Crippen molar-refractivity contribution in [3.05, 3.63) is 59.7 Å². The molecule has 1 aliphatic rings. The first-order valence-corrected chi connectivity index (χ1v) is 7.66. The van der Waals surface area contributed by atoms with E-state index >= 15 is 0 Å². The normalized spacial score (nSPS) is 16.0. The maximum absolute atomic E-state index is 14.0. The average molecular weight is 302 g/mol. The van der Waals surface area contributed by atoms with E-state index in [-0.39, 0.29) is 11.6 Å². The van der Waals surface area contributed by atoms with Gasteiger partial charge in [-0.05, 0) is 61.1 Å². The fourth-order valence-electron chi connectivity index (χ4n) is 3.11. The summed E-state index contributed by atoms with van der Waals surface area (Å²) >= 11 is 0. The molecule has 0 radical (unpaired) electrons. The van der Waals surface area contributed by atoms with Gasteiger partial charge >= 0.3 is 0 Å². The number of benzene rings is 2. The minimum absolute atomic E-state index is 0.197. The predicted octanol–water partition coefficient (Wildman–Crippen LogP) is 4.01. The highest BCUT2D eigenvalue weighted by molar-refractivity contribution is 5.54. The first-order chi connectivity index (χ1) is 10.6. The molecule has 2 aromatic rings. The second-order valence-corrected chi connectivity index (χ2v) is 5.97. The number of nitrogens with two attached hydrogens (primary N) is 1. The molecule has 2 N–H and O–H groups in total. The number of rotatable bonds is 3. The van der Waals surface area contributed by atoms with Gasteiger partial charge in [0.2, 0.25) is 0 Å². The van der Waals surface area contributed by atoms with Crippen LogP contribution in [0.5, 0.6) is 0 Å². The molecule has 0 amide bonds. The molecule has 1 fully saturated rings. The standard InChI is InChI=1S/C18H20F2N2/c19-15-3-1-13(2-4-15)11-14-7-9-22(10-8-14)18-6-5-16(21)12-17(18)20/h1-6,12,14H,7-11,21H2. The summed E-state index contributed by atoms with van der Waals surface area (Å²) in [6, 6.07) is 11.6. The molecule has 0 aromatic heterocycles. The van der Waals surface area contributed by atoms with Crippen molar-refractivity contribution < 1.29 is 8.78 Å². The van der Waals surface area contributed by atoms with Crippen LogP contribution in [0.4, 0.5) is 20.2 Å². The zero-order valence-corrected chi connectivity index (χ0v) is 12.4. The molecule has 0 bridgehead atoms. The Balaban J connectivity index is 1.59. The van der Waals surface area contributed by atoms with Crippen molar-refractivity contribution in [1.29, 1.82) is 0 Å². The molecule has 2 aromatic carbocycles. The van der Waals surface area contributed by atoms with Crippen molar-refractivity contribution in [2.75, 3.05) is 23.7 Å². The molecule has 116 valence electrons. The van der Waals surface area contributed by atoms with Crippen molar-refractivity contribution in [1.82, 2.24) is 0 Å². The highest BCUT2D eigenvalue weighted by atomic mass is 19.1. The molecule has 4 heteroatoms. The van der Waals surface area contributed by atoms with Gasteiger partial charge in [-0.15, -0.1) is 0 Å². The lowest BCUT2D eigenvalue weighted by atomic mass is 9.90. The Hall–Kier alpha value is -2.10. The molecule has 1 heterocycles. The van der Waals surface area contributed by atoms with Crippen molar-refractivity contribution in [2.45, 2.75) is 19.3 Å². The van der Waals surface area contributed by atoms with Crippen LogP contribution in [0.1, 0.15) is 18.4 Å². The van der Waals surface area contributed by atoms with Gasteiger partial charge in [0.05, 0.1) is 5.69 Å². The van der Waals surface area contributed by atoms with Crippen LogP contribution in [-0.4, -0.2) is 13.1 Å². The average Bonchev–Trinajstić information content (AvgIpc) is 2.51. The van der Waals surface area contributed by atoms with Crippen molar-refractivity contribution >= 4 is 11.4 Å². The van der Waals surface area contributed by atoms with E-state index < -0.39 is 0 Å². The van der Waals surface area contributed by atoms with Crippen LogP contribution in [0, 0.1) is 17.6 Å². The van der Waals surface area contributed by atoms with E-state index in [1.165, 1.54) is 23.8 Å². The van der Waals surface area contributed by atoms with Gasteiger partial charge in [-0.25, -0.2) is 8.78 Å². The molecular formula is C18H20F2N2. The summed E-state index contributed by atoms with van der Waals surface area (Å²) in [6.45, 7) is 1.68. The smallest absolute Gasteiger partial charge is 0.148 e. The first kappa shape index (κ1) is 14.8. The van der Waals surface area contributed by atoms with Gasteiger partial charge in [-0.2, -0.15) is 0 Å². The van der Waals surface area contributed by atoms with Crippen LogP contribution in [0.2, 0.25) is 0 Å². The molecule has 0 aliphatic carbocycles. The van der Waals surface area contributed by atoms with Crippen molar-refractivity contribution in [3.8, 4) is 0 Å². The minimum atomic E-state index is -0.253. The van der Waals surface area contributed by atoms with E-state index in [0.717, 1.165) is 32.4 Å². The number of nitrogen functional groups attached to an aromatic ring is 1. The topological polar surface area (TPSA) is 29.3 Å². The summed E-state index contributed by atoms with van der Waals surface area (Å²) < 4.78 is 26.9. The molecule has 0 unspecified atom stereocenters. The first-order valence-electron chi connectivity index (χ1n) is 7.66. The fraction of sp³-hybridized carbons (Fsp3) is 0.333. The van der Waals surface area contributed by atoms with Crippen LogP contribution in [0.3, 0.4) is 0 Å². The van der Waals surface area contributed by atoms with Gasteiger partial charge in [-0.1, -0.05) is 12.1 Å². The lowest BCUT2D eigenvalue weighted by Gasteiger charge is -2.34. The monoisotopic (exact) mass is 302 g/mol. The van der Waals surface area contributed by atoms with E-state index in [0.29, 0.717) is 17.3 Å². The SMILES string of the molecule is Nc1ccc(N2CCC(Cc3ccc(F)cc3)CC2)c(F)c1. The maximum atomic E-state index is 14.0. The predicted molar refractivity (Wildman–Crippen MR) is 85.9 cm³/mol. The van der Waals surface area contributed by atoms with Crippen molar-refractivity contribution in [3.63, 3.8) is 0 Å². The van der Waals surface area contributed by atoms with E-state index in [2.05, 4.69) is 4.90 Å². The number of piperidine rings is 1. The quantitative estimate of drug-likeness (QED) is 0.868. The Kier molecular flexibility index (Phi) is 4.27. The van der Waals surface area contributed by atoms with E-state index in [1.54, 1.807) is 12.1 Å². The minimum Gasteiger partial charge on any atom is -0.399 e. The van der Waals surface area contributed by atoms with Gasteiger partial charge in [0.25, 0.3) is 0 Å². The lowest BCUT2D eigenvalue weighted by Crippen LogP contribution is -2.34. The van der Waals surface area contributed by atoms with E-state index in [1.807, 2.05) is 12.1 Å². The molecule has 0 saturated carbocycles. The van der Waals surface area contributed by atoms with Gasteiger partial charge in [0.1, 0.15) is 11.6 Å². The molecule has 0 atom stereocenters. The van der Waals surface area contributed by atoms with E-state index in [9.17, 15) is 8.78 Å². The third kappa shape index (κ3) is 3.38. The van der Waals surface area contributed by atoms with Gasteiger partial charge in [0.15, 0.2) is 0 Å². The van der Waals surface area contributed by atoms with Crippen LogP contribution in [0.25, 0.3) is 0 Å². The Labute approximate surface area is 129 Å². The molecule has 0 spiro atoms. The third-order valence-electron chi connectivity index (χ3n) is 4.36. The van der Waals surface area contributed by atoms with Crippen LogP contribution in [-0.2, 0) is 6.42 Å². The molecular weight excluding hydrogens is 282 g/mol. The number of nitrogens with zero attached hydrogens (tertiary/aromatic N) is 1. The van der Waals surface area contributed by atoms with Crippen molar-refractivity contribution in [2.24, 2.45) is 5.92 Å². The van der Waals surface area contributed by atoms with E-state index in [4.69, 9.17) is 5.73 Å².